The number of benzene rings is 3. The van der Waals surface area contributed by atoms with E-state index in [1.165, 1.54) is 13.2 Å². The molecule has 4 rings (SSSR count). The summed E-state index contributed by atoms with van der Waals surface area (Å²) in [4.78, 5) is 25.6. The quantitative estimate of drug-likeness (QED) is 0.419. The van der Waals surface area contributed by atoms with Crippen LogP contribution in [0.4, 0.5) is 11.4 Å². The minimum Gasteiger partial charge on any atom is -0.495 e. The zero-order valence-corrected chi connectivity index (χ0v) is 16.8. The Balaban J connectivity index is 1.63. The normalized spacial score (nSPS) is 10.9. The molecule has 0 bridgehead atoms. The van der Waals surface area contributed by atoms with Crippen molar-refractivity contribution in [2.75, 3.05) is 17.7 Å². The van der Waals surface area contributed by atoms with Gasteiger partial charge in [0.1, 0.15) is 17.0 Å². The molecule has 6 nitrogen and oxygen atoms in total. The van der Waals surface area contributed by atoms with Gasteiger partial charge in [-0.2, -0.15) is 0 Å². The highest BCUT2D eigenvalue weighted by Crippen LogP contribution is 2.32. The number of ether oxygens (including phenoxy) is 1. The van der Waals surface area contributed by atoms with Crippen LogP contribution in [0.5, 0.6) is 5.75 Å². The summed E-state index contributed by atoms with van der Waals surface area (Å²) >= 11 is 0. The number of fused-ring (bicyclic) bond motifs is 1. The van der Waals surface area contributed by atoms with E-state index in [1.807, 2.05) is 36.4 Å². The van der Waals surface area contributed by atoms with Crippen molar-refractivity contribution < 1.29 is 18.7 Å². The molecule has 0 unspecified atom stereocenters. The van der Waals surface area contributed by atoms with Crippen LogP contribution in [0, 0.1) is 0 Å². The number of furan rings is 1. The van der Waals surface area contributed by atoms with E-state index >= 15 is 0 Å². The molecule has 1 aromatic heterocycles. The van der Waals surface area contributed by atoms with E-state index in [-0.39, 0.29) is 11.7 Å². The number of hydrogen-bond acceptors (Lipinski definition) is 4. The topological polar surface area (TPSA) is 80.6 Å². The number of hydrogen-bond donors (Lipinski definition) is 2. The van der Waals surface area contributed by atoms with Gasteiger partial charge in [0.15, 0.2) is 0 Å². The lowest BCUT2D eigenvalue weighted by molar-refractivity contribution is -0.111. The van der Waals surface area contributed by atoms with Gasteiger partial charge in [-0.1, -0.05) is 54.6 Å². The molecular formula is C25H20N2O4. The number of methoxy groups -OCH3 is 1. The highest BCUT2D eigenvalue weighted by Gasteiger charge is 2.22. The van der Waals surface area contributed by atoms with Crippen molar-refractivity contribution in [1.29, 1.82) is 0 Å². The molecule has 6 heteroatoms. The van der Waals surface area contributed by atoms with E-state index in [0.717, 1.165) is 5.56 Å². The Kier molecular flexibility index (Phi) is 5.80. The zero-order valence-electron chi connectivity index (χ0n) is 16.8. The SMILES string of the molecule is COc1ccccc1NC(=O)c1oc2ccccc2c1NC(=O)C=Cc1ccccc1. The standard InChI is InChI=1S/C25H20N2O4/c1-30-21-14-8-6-12-19(21)26-25(29)24-23(18-11-5-7-13-20(18)31-24)27-22(28)16-15-17-9-3-2-4-10-17/h2-16H,1H3,(H,26,29)(H,27,28). The Bertz CT molecular complexity index is 1260. The first-order valence-corrected chi connectivity index (χ1v) is 9.65. The summed E-state index contributed by atoms with van der Waals surface area (Å²) in [5.41, 5.74) is 2.20. The Morgan fingerprint density at radius 3 is 2.39 bits per heavy atom. The van der Waals surface area contributed by atoms with Crippen LogP contribution < -0.4 is 15.4 Å². The third-order valence-electron chi connectivity index (χ3n) is 4.63. The second-order valence-electron chi connectivity index (χ2n) is 6.69. The molecule has 0 radical (unpaired) electrons. The fourth-order valence-electron chi connectivity index (χ4n) is 3.16. The molecule has 0 aliphatic rings. The lowest BCUT2D eigenvalue weighted by Gasteiger charge is -2.09. The highest BCUT2D eigenvalue weighted by atomic mass is 16.5. The van der Waals surface area contributed by atoms with Crippen molar-refractivity contribution in [3.8, 4) is 5.75 Å². The maximum Gasteiger partial charge on any atom is 0.293 e. The van der Waals surface area contributed by atoms with Crippen molar-refractivity contribution in [3.05, 3.63) is 96.3 Å². The fourth-order valence-corrected chi connectivity index (χ4v) is 3.16. The molecule has 0 aliphatic heterocycles. The van der Waals surface area contributed by atoms with Crippen LogP contribution in [0.15, 0.2) is 89.4 Å². The zero-order chi connectivity index (χ0) is 21.6. The molecular weight excluding hydrogens is 392 g/mol. The number of anilines is 2. The summed E-state index contributed by atoms with van der Waals surface area (Å²) in [5.74, 6) is -0.346. The first-order valence-electron chi connectivity index (χ1n) is 9.65. The Labute approximate surface area is 179 Å². The average Bonchev–Trinajstić information content (AvgIpc) is 3.17. The molecule has 154 valence electrons. The molecule has 0 spiro atoms. The van der Waals surface area contributed by atoms with Gasteiger partial charge in [0.2, 0.25) is 11.7 Å². The summed E-state index contributed by atoms with van der Waals surface area (Å²) in [6.07, 6.45) is 3.12. The predicted molar refractivity (Wildman–Crippen MR) is 121 cm³/mol. The molecule has 0 aliphatic carbocycles. The lowest BCUT2D eigenvalue weighted by Crippen LogP contribution is -2.16. The molecule has 0 saturated heterocycles. The van der Waals surface area contributed by atoms with E-state index in [4.69, 9.17) is 9.15 Å². The first-order chi connectivity index (χ1) is 15.2. The van der Waals surface area contributed by atoms with Crippen molar-refractivity contribution >= 4 is 40.2 Å². The fraction of sp³-hybridized carbons (Fsp3) is 0.0400. The van der Waals surface area contributed by atoms with Gasteiger partial charge in [-0.15, -0.1) is 0 Å². The summed E-state index contributed by atoms with van der Waals surface area (Å²) in [5, 5.41) is 6.20. The summed E-state index contributed by atoms with van der Waals surface area (Å²) < 4.78 is 11.1. The van der Waals surface area contributed by atoms with Gasteiger partial charge in [-0.25, -0.2) is 0 Å². The van der Waals surface area contributed by atoms with Gasteiger partial charge >= 0.3 is 0 Å². The largest absolute Gasteiger partial charge is 0.495 e. The van der Waals surface area contributed by atoms with E-state index < -0.39 is 5.91 Å². The van der Waals surface area contributed by atoms with Gasteiger partial charge in [-0.3, -0.25) is 9.59 Å². The van der Waals surface area contributed by atoms with Gasteiger partial charge in [-0.05, 0) is 35.9 Å². The van der Waals surface area contributed by atoms with Crippen molar-refractivity contribution in [1.82, 2.24) is 0 Å². The number of carbonyl (C=O) groups excluding carboxylic acids is 2. The number of rotatable bonds is 6. The number of amides is 2. The molecule has 1 heterocycles. The van der Waals surface area contributed by atoms with E-state index in [9.17, 15) is 9.59 Å². The highest BCUT2D eigenvalue weighted by molar-refractivity contribution is 6.16. The first kappa shape index (κ1) is 20.0. The average molecular weight is 412 g/mol. The van der Waals surface area contributed by atoms with Crippen LogP contribution in [0.25, 0.3) is 17.0 Å². The molecule has 2 N–H and O–H groups in total. The third kappa shape index (κ3) is 4.48. The van der Waals surface area contributed by atoms with E-state index in [1.54, 1.807) is 48.5 Å². The summed E-state index contributed by atoms with van der Waals surface area (Å²) in [6.45, 7) is 0. The minimum absolute atomic E-state index is 0.00793. The van der Waals surface area contributed by atoms with Crippen molar-refractivity contribution in [2.45, 2.75) is 0 Å². The Morgan fingerprint density at radius 1 is 0.871 bits per heavy atom. The number of nitrogens with one attached hydrogen (secondary N) is 2. The molecule has 0 fully saturated rings. The molecule has 4 aromatic rings. The Morgan fingerprint density at radius 2 is 1.58 bits per heavy atom. The molecule has 2 amide bonds. The second-order valence-corrected chi connectivity index (χ2v) is 6.69. The monoisotopic (exact) mass is 412 g/mol. The van der Waals surface area contributed by atoms with Crippen LogP contribution >= 0.6 is 0 Å². The maximum absolute atomic E-state index is 13.0. The second kappa shape index (κ2) is 9.00. The van der Waals surface area contributed by atoms with Crippen molar-refractivity contribution in [2.24, 2.45) is 0 Å². The van der Waals surface area contributed by atoms with Crippen LogP contribution in [-0.4, -0.2) is 18.9 Å². The Hall–Kier alpha value is -4.32. The van der Waals surface area contributed by atoms with Crippen LogP contribution in [-0.2, 0) is 4.79 Å². The molecule has 3 aromatic carbocycles. The van der Waals surface area contributed by atoms with Gasteiger partial charge in [0, 0.05) is 11.5 Å². The van der Waals surface area contributed by atoms with E-state index in [0.29, 0.717) is 28.1 Å². The number of carbonyl (C=O) groups is 2. The lowest BCUT2D eigenvalue weighted by atomic mass is 10.2. The summed E-state index contributed by atoms with van der Waals surface area (Å²) in [7, 11) is 1.52. The van der Waals surface area contributed by atoms with Crippen LogP contribution in [0.1, 0.15) is 16.1 Å². The van der Waals surface area contributed by atoms with Crippen molar-refractivity contribution in [3.63, 3.8) is 0 Å². The maximum atomic E-state index is 13.0. The molecule has 0 atom stereocenters. The van der Waals surface area contributed by atoms with Crippen LogP contribution in [0.3, 0.4) is 0 Å². The van der Waals surface area contributed by atoms with Crippen LogP contribution in [0.2, 0.25) is 0 Å². The van der Waals surface area contributed by atoms with E-state index in [2.05, 4.69) is 10.6 Å². The van der Waals surface area contributed by atoms with Gasteiger partial charge in [0.05, 0.1) is 12.8 Å². The predicted octanol–water partition coefficient (Wildman–Crippen LogP) is 5.35. The third-order valence-corrected chi connectivity index (χ3v) is 4.63. The minimum atomic E-state index is -0.497. The van der Waals surface area contributed by atoms with Gasteiger partial charge in [0.25, 0.3) is 5.91 Å². The molecule has 31 heavy (non-hydrogen) atoms. The van der Waals surface area contributed by atoms with Gasteiger partial charge < -0.3 is 19.8 Å². The number of para-hydroxylation sites is 3. The molecule has 0 saturated carbocycles. The summed E-state index contributed by atoms with van der Waals surface area (Å²) in [6, 6.07) is 23.7. The smallest absolute Gasteiger partial charge is 0.293 e.